The Hall–Kier alpha value is -0.320. The van der Waals surface area contributed by atoms with Crippen LogP contribution in [0.15, 0.2) is 0 Å². The van der Waals surface area contributed by atoms with Crippen LogP contribution < -0.4 is 0 Å². The molecule has 0 fully saturated rings. The zero-order valence-corrected chi connectivity index (χ0v) is 7.34. The first-order chi connectivity index (χ1) is 5.00. The van der Waals surface area contributed by atoms with Crippen molar-refractivity contribution < 1.29 is 19.7 Å². The molecule has 2 N–H and O–H groups in total. The fourth-order valence-electron chi connectivity index (χ4n) is 0.215. The Kier molecular flexibility index (Phi) is 11.7. The Balaban J connectivity index is 0. The van der Waals surface area contributed by atoms with Crippen molar-refractivity contribution >= 4 is 17.6 Å². The Labute approximate surface area is 70.7 Å². The van der Waals surface area contributed by atoms with E-state index < -0.39 is 5.97 Å². The highest BCUT2D eigenvalue weighted by Gasteiger charge is 1.90. The van der Waals surface area contributed by atoms with Gasteiger partial charge in [0.15, 0.2) is 0 Å². The molecule has 1 unspecified atom stereocenters. The van der Waals surface area contributed by atoms with E-state index in [9.17, 15) is 0 Å². The second-order valence-electron chi connectivity index (χ2n) is 1.66. The number of hydrogen-bond acceptors (Lipinski definition) is 3. The van der Waals surface area contributed by atoms with Gasteiger partial charge in [-0.15, -0.1) is 0 Å². The van der Waals surface area contributed by atoms with Gasteiger partial charge in [-0.05, 0) is 6.92 Å². The number of rotatable bonds is 3. The highest BCUT2D eigenvalue weighted by molar-refractivity contribution is 6.19. The molecule has 0 saturated heterocycles. The van der Waals surface area contributed by atoms with Crippen LogP contribution in [0.3, 0.4) is 0 Å². The highest BCUT2D eigenvalue weighted by atomic mass is 35.5. The summed E-state index contributed by atoms with van der Waals surface area (Å²) < 4.78 is 4.71. The lowest BCUT2D eigenvalue weighted by molar-refractivity contribution is -0.134. The van der Waals surface area contributed by atoms with Crippen LogP contribution in [0.25, 0.3) is 0 Å². The van der Waals surface area contributed by atoms with Gasteiger partial charge in [-0.25, -0.2) is 0 Å². The third kappa shape index (κ3) is 42.2. The average Bonchev–Trinajstić information content (AvgIpc) is 1.82. The van der Waals surface area contributed by atoms with Crippen molar-refractivity contribution in [3.05, 3.63) is 0 Å². The molecule has 0 aliphatic carbocycles. The number of ether oxygens (including phenoxy) is 1. The van der Waals surface area contributed by atoms with Crippen molar-refractivity contribution in [2.24, 2.45) is 0 Å². The molecule has 0 aromatic rings. The Morgan fingerprint density at radius 2 is 2.09 bits per heavy atom. The van der Waals surface area contributed by atoms with E-state index in [0.717, 1.165) is 6.92 Å². The van der Waals surface area contributed by atoms with Gasteiger partial charge in [-0.2, -0.15) is 0 Å². The summed E-state index contributed by atoms with van der Waals surface area (Å²) in [6.07, 6.45) is 0. The smallest absolute Gasteiger partial charge is 0.300 e. The topological polar surface area (TPSA) is 66.8 Å². The van der Waals surface area contributed by atoms with Crippen LogP contribution in [0.1, 0.15) is 13.8 Å². The predicted molar refractivity (Wildman–Crippen MR) is 41.7 cm³/mol. The number of alkyl halides is 1. The van der Waals surface area contributed by atoms with Crippen LogP contribution in [0, 0.1) is 0 Å². The number of aliphatic carboxylic acids is 1. The third-order valence-corrected chi connectivity index (χ3v) is 0.565. The minimum Gasteiger partial charge on any atom is -0.481 e. The largest absolute Gasteiger partial charge is 0.481 e. The van der Waals surface area contributed by atoms with Crippen molar-refractivity contribution in [2.45, 2.75) is 19.4 Å². The molecule has 0 aliphatic heterocycles. The van der Waals surface area contributed by atoms with Crippen molar-refractivity contribution in [1.29, 1.82) is 0 Å². The van der Waals surface area contributed by atoms with Crippen LogP contribution in [0.4, 0.5) is 0 Å². The minimum absolute atomic E-state index is 0.0388. The minimum atomic E-state index is -0.833. The summed E-state index contributed by atoms with van der Waals surface area (Å²) in [7, 11) is 0. The first kappa shape index (κ1) is 13.3. The third-order valence-electron chi connectivity index (χ3n) is 0.439. The lowest BCUT2D eigenvalue weighted by Crippen LogP contribution is -2.03. The number of carbonyl (C=O) groups is 1. The number of aliphatic hydroxyl groups excluding tert-OH is 1. The van der Waals surface area contributed by atoms with Crippen molar-refractivity contribution in [3.8, 4) is 0 Å². The van der Waals surface area contributed by atoms with E-state index in [2.05, 4.69) is 0 Å². The van der Waals surface area contributed by atoms with E-state index in [1.165, 1.54) is 0 Å². The van der Waals surface area contributed by atoms with Gasteiger partial charge in [0.05, 0.1) is 13.2 Å². The lowest BCUT2D eigenvalue weighted by Gasteiger charge is -2.00. The maximum absolute atomic E-state index is 9.00. The number of carboxylic acids is 1. The molecule has 0 heterocycles. The first-order valence-corrected chi connectivity index (χ1v) is 3.50. The van der Waals surface area contributed by atoms with Gasteiger partial charge in [0, 0.05) is 6.92 Å². The molecule has 4 nitrogen and oxygen atoms in total. The van der Waals surface area contributed by atoms with E-state index in [0.29, 0.717) is 6.61 Å². The van der Waals surface area contributed by atoms with Gasteiger partial charge in [0.1, 0.15) is 5.56 Å². The Morgan fingerprint density at radius 3 is 2.18 bits per heavy atom. The maximum atomic E-state index is 9.00. The van der Waals surface area contributed by atoms with Gasteiger partial charge in [-0.1, -0.05) is 11.6 Å². The zero-order valence-electron chi connectivity index (χ0n) is 6.58. The molecule has 0 radical (unpaired) electrons. The summed E-state index contributed by atoms with van der Waals surface area (Å²) in [5.74, 6) is -0.833. The molecule has 68 valence electrons. The Morgan fingerprint density at radius 1 is 1.73 bits per heavy atom. The van der Waals surface area contributed by atoms with Gasteiger partial charge in [-0.3, -0.25) is 4.79 Å². The fraction of sp³-hybridized carbons (Fsp3) is 0.833. The van der Waals surface area contributed by atoms with Crippen molar-refractivity contribution in [1.82, 2.24) is 0 Å². The summed E-state index contributed by atoms with van der Waals surface area (Å²) in [4.78, 5) is 9.00. The number of halogens is 1. The average molecular weight is 185 g/mol. The van der Waals surface area contributed by atoms with Crippen molar-refractivity contribution in [3.63, 3.8) is 0 Å². The molecular weight excluding hydrogens is 172 g/mol. The monoisotopic (exact) mass is 184 g/mol. The number of aliphatic hydroxyl groups is 1. The lowest BCUT2D eigenvalue weighted by atomic mass is 10.7. The van der Waals surface area contributed by atoms with Gasteiger partial charge >= 0.3 is 0 Å². The SMILES string of the molecule is CC(=O)O.CC(Cl)OCCO. The molecule has 0 saturated carbocycles. The normalized spacial score (nSPS) is 11.3. The van der Waals surface area contributed by atoms with Gasteiger partial charge < -0.3 is 14.9 Å². The van der Waals surface area contributed by atoms with Crippen LogP contribution in [0.2, 0.25) is 0 Å². The predicted octanol–water partition coefficient (Wildman–Crippen LogP) is 0.671. The van der Waals surface area contributed by atoms with E-state index >= 15 is 0 Å². The number of carboxylic acid groups (broad SMARTS) is 1. The molecule has 1 atom stereocenters. The van der Waals surface area contributed by atoms with Crippen molar-refractivity contribution in [2.75, 3.05) is 13.2 Å². The summed E-state index contributed by atoms with van der Waals surface area (Å²) in [5.41, 5.74) is -0.285. The molecule has 11 heavy (non-hydrogen) atoms. The highest BCUT2D eigenvalue weighted by Crippen LogP contribution is 1.92. The molecular formula is C6H13ClO4. The molecule has 0 rings (SSSR count). The standard InChI is InChI=1S/C4H9ClO2.C2H4O2/c1-4(5)7-3-2-6;1-2(3)4/h4,6H,2-3H2,1H3;1H3,(H,3,4). The Bertz CT molecular complexity index is 90.6. The van der Waals surface area contributed by atoms with E-state index in [1.54, 1.807) is 6.92 Å². The van der Waals surface area contributed by atoms with Crippen LogP contribution in [-0.2, 0) is 9.53 Å². The van der Waals surface area contributed by atoms with E-state index in [1.807, 2.05) is 0 Å². The molecule has 0 aromatic heterocycles. The molecule has 0 amide bonds. The second-order valence-corrected chi connectivity index (χ2v) is 2.27. The summed E-state index contributed by atoms with van der Waals surface area (Å²) in [6.45, 7) is 3.15. The van der Waals surface area contributed by atoms with Gasteiger partial charge in [0.2, 0.25) is 0 Å². The second kappa shape index (κ2) is 9.68. The number of hydrogen-bond donors (Lipinski definition) is 2. The summed E-state index contributed by atoms with van der Waals surface area (Å²) >= 11 is 5.32. The zero-order chi connectivity index (χ0) is 9.28. The first-order valence-electron chi connectivity index (χ1n) is 3.06. The van der Waals surface area contributed by atoms with Crippen LogP contribution in [-0.4, -0.2) is 35.0 Å². The molecule has 0 bridgehead atoms. The summed E-state index contributed by atoms with van der Waals surface area (Å²) in [5, 5.41) is 15.5. The fourth-order valence-corrected chi connectivity index (χ4v) is 0.304. The van der Waals surface area contributed by atoms with Crippen LogP contribution >= 0.6 is 11.6 Å². The molecule has 0 aromatic carbocycles. The molecule has 5 heteroatoms. The summed E-state index contributed by atoms with van der Waals surface area (Å²) in [6, 6.07) is 0. The molecule has 0 spiro atoms. The maximum Gasteiger partial charge on any atom is 0.300 e. The van der Waals surface area contributed by atoms with Crippen LogP contribution in [0.5, 0.6) is 0 Å². The molecule has 0 aliphatic rings. The van der Waals surface area contributed by atoms with Gasteiger partial charge in [0.25, 0.3) is 5.97 Å². The van der Waals surface area contributed by atoms with E-state index in [-0.39, 0.29) is 12.2 Å². The van der Waals surface area contributed by atoms with E-state index in [4.69, 9.17) is 31.3 Å². The quantitative estimate of drug-likeness (QED) is 0.633.